The summed E-state index contributed by atoms with van der Waals surface area (Å²) >= 11 is 0. The van der Waals surface area contributed by atoms with E-state index in [0.717, 1.165) is 62.6 Å². The smallest absolute Gasteiger partial charge is 0.220 e. The highest BCUT2D eigenvalue weighted by molar-refractivity contribution is 5.76. The number of likely N-dealkylation sites (N-methyl/N-ethyl adjacent to an activating group) is 1. The summed E-state index contributed by atoms with van der Waals surface area (Å²) in [7, 11) is 3.87. The van der Waals surface area contributed by atoms with Crippen LogP contribution < -0.4 is 14.8 Å². The van der Waals surface area contributed by atoms with Crippen LogP contribution in [-0.2, 0) is 4.79 Å². The quantitative estimate of drug-likeness (QED) is 0.865. The van der Waals surface area contributed by atoms with Gasteiger partial charge in [-0.1, -0.05) is 6.07 Å². The maximum atomic E-state index is 11.7. The van der Waals surface area contributed by atoms with Gasteiger partial charge in [-0.25, -0.2) is 0 Å². The van der Waals surface area contributed by atoms with Gasteiger partial charge in [0, 0.05) is 44.7 Å². The third-order valence-corrected chi connectivity index (χ3v) is 5.79. The van der Waals surface area contributed by atoms with Crippen molar-refractivity contribution in [2.24, 2.45) is 0 Å². The van der Waals surface area contributed by atoms with E-state index < -0.39 is 0 Å². The first-order valence-electron chi connectivity index (χ1n) is 9.50. The van der Waals surface area contributed by atoms with Crippen LogP contribution in [0.3, 0.4) is 0 Å². The topological polar surface area (TPSA) is 54.0 Å². The molecule has 2 fully saturated rings. The molecule has 2 aliphatic rings. The number of piperazine rings is 1. The summed E-state index contributed by atoms with van der Waals surface area (Å²) in [6.07, 6.45) is 2.56. The summed E-state index contributed by atoms with van der Waals surface area (Å²) in [6.45, 7) is 7.39. The van der Waals surface area contributed by atoms with E-state index in [2.05, 4.69) is 22.2 Å². The molecule has 0 aliphatic carbocycles. The number of aryl methyl sites for hydroxylation is 1. The van der Waals surface area contributed by atoms with Crippen molar-refractivity contribution >= 4 is 5.91 Å². The number of rotatable bonds is 5. The molecular weight excluding hydrogens is 330 g/mol. The summed E-state index contributed by atoms with van der Waals surface area (Å²) in [5.41, 5.74) is 1.26. The number of benzene rings is 1. The lowest BCUT2D eigenvalue weighted by atomic mass is 9.86. The number of methoxy groups -OCH3 is 1. The number of carbonyl (C=O) groups is 1. The highest BCUT2D eigenvalue weighted by Crippen LogP contribution is 2.31. The van der Waals surface area contributed by atoms with E-state index in [-0.39, 0.29) is 11.4 Å². The Morgan fingerprint density at radius 1 is 1.23 bits per heavy atom. The number of nitrogens with zero attached hydrogens (tertiary/aromatic N) is 2. The van der Waals surface area contributed by atoms with Gasteiger partial charge in [0.05, 0.1) is 7.11 Å². The fraction of sp³-hybridized carbons (Fsp3) is 0.650. The van der Waals surface area contributed by atoms with E-state index >= 15 is 0 Å². The standard InChI is InChI=1S/C20H31N3O3/c1-16-4-5-17(18(14-16)25-3)26-13-12-23-11-10-22(2)20(15-23)7-6-19(24)21-9-8-20/h4-5,14H,6-13,15H2,1-3H3,(H,21,24). The predicted octanol–water partition coefficient (Wildman–Crippen LogP) is 1.67. The first kappa shape index (κ1) is 19.0. The van der Waals surface area contributed by atoms with Gasteiger partial charge in [-0.2, -0.15) is 0 Å². The molecule has 1 unspecified atom stereocenters. The van der Waals surface area contributed by atoms with Crippen molar-refractivity contribution < 1.29 is 14.3 Å². The maximum Gasteiger partial charge on any atom is 0.220 e. The van der Waals surface area contributed by atoms with Crippen molar-refractivity contribution in [3.8, 4) is 11.5 Å². The van der Waals surface area contributed by atoms with Gasteiger partial charge in [0.1, 0.15) is 6.61 Å². The van der Waals surface area contributed by atoms with Crippen LogP contribution in [0.4, 0.5) is 0 Å². The second-order valence-electron chi connectivity index (χ2n) is 7.52. The molecular formula is C20H31N3O3. The molecule has 0 saturated carbocycles. The average Bonchev–Trinajstić information content (AvgIpc) is 2.82. The summed E-state index contributed by atoms with van der Waals surface area (Å²) in [5, 5.41) is 3.01. The number of hydrogen-bond donors (Lipinski definition) is 1. The van der Waals surface area contributed by atoms with Crippen LogP contribution in [0.5, 0.6) is 11.5 Å². The summed E-state index contributed by atoms with van der Waals surface area (Å²) in [4.78, 5) is 16.7. The highest BCUT2D eigenvalue weighted by Gasteiger charge is 2.40. The first-order valence-corrected chi connectivity index (χ1v) is 9.50. The van der Waals surface area contributed by atoms with Crippen LogP contribution in [0.2, 0.25) is 0 Å². The van der Waals surface area contributed by atoms with Crippen LogP contribution in [0.15, 0.2) is 18.2 Å². The minimum absolute atomic E-state index is 0.0962. The number of carbonyl (C=O) groups excluding carboxylic acids is 1. The zero-order valence-corrected chi connectivity index (χ0v) is 16.2. The molecule has 2 heterocycles. The average molecular weight is 361 g/mol. The van der Waals surface area contributed by atoms with Gasteiger partial charge in [0.25, 0.3) is 0 Å². The number of hydrogen-bond acceptors (Lipinski definition) is 5. The van der Waals surface area contributed by atoms with Gasteiger partial charge in [-0.3, -0.25) is 14.6 Å². The summed E-state index contributed by atoms with van der Waals surface area (Å²) in [5.74, 6) is 1.77. The first-order chi connectivity index (χ1) is 12.5. The molecule has 6 nitrogen and oxygen atoms in total. The van der Waals surface area contributed by atoms with Crippen LogP contribution >= 0.6 is 0 Å². The van der Waals surface area contributed by atoms with E-state index in [1.807, 2.05) is 25.1 Å². The lowest BCUT2D eigenvalue weighted by Crippen LogP contribution is -2.61. The molecule has 26 heavy (non-hydrogen) atoms. The fourth-order valence-corrected chi connectivity index (χ4v) is 4.05. The zero-order valence-electron chi connectivity index (χ0n) is 16.2. The van der Waals surface area contributed by atoms with Crippen LogP contribution in [0, 0.1) is 6.92 Å². The molecule has 1 aromatic carbocycles. The Labute approximate surface area is 156 Å². The number of amides is 1. The van der Waals surface area contributed by atoms with Gasteiger partial charge < -0.3 is 14.8 Å². The Morgan fingerprint density at radius 3 is 2.88 bits per heavy atom. The van der Waals surface area contributed by atoms with Crippen LogP contribution in [0.25, 0.3) is 0 Å². The molecule has 2 saturated heterocycles. The molecule has 2 aliphatic heterocycles. The Bertz CT molecular complexity index is 637. The Balaban J connectivity index is 1.56. The minimum atomic E-state index is 0.0962. The molecule has 6 heteroatoms. The maximum absolute atomic E-state index is 11.7. The van der Waals surface area contributed by atoms with Crippen molar-refractivity contribution in [3.63, 3.8) is 0 Å². The lowest BCUT2D eigenvalue weighted by Gasteiger charge is -2.49. The van der Waals surface area contributed by atoms with Crippen LogP contribution in [-0.4, -0.2) is 74.7 Å². The predicted molar refractivity (Wildman–Crippen MR) is 102 cm³/mol. The third kappa shape index (κ3) is 4.30. The second kappa shape index (κ2) is 8.27. The monoisotopic (exact) mass is 361 g/mol. The molecule has 1 spiro atoms. The third-order valence-electron chi connectivity index (χ3n) is 5.79. The molecule has 1 N–H and O–H groups in total. The van der Waals surface area contributed by atoms with Crippen molar-refractivity contribution in [2.75, 3.05) is 53.5 Å². The van der Waals surface area contributed by atoms with Crippen molar-refractivity contribution in [3.05, 3.63) is 23.8 Å². The van der Waals surface area contributed by atoms with Crippen molar-refractivity contribution in [2.45, 2.75) is 31.7 Å². The molecule has 1 aromatic rings. The van der Waals surface area contributed by atoms with E-state index in [1.54, 1.807) is 7.11 Å². The van der Waals surface area contributed by atoms with E-state index in [4.69, 9.17) is 9.47 Å². The number of ether oxygens (including phenoxy) is 2. The SMILES string of the molecule is COc1cc(C)ccc1OCCN1CCN(C)C2(CCNC(=O)CC2)C1. The molecule has 1 atom stereocenters. The summed E-state index contributed by atoms with van der Waals surface area (Å²) < 4.78 is 11.4. The van der Waals surface area contributed by atoms with E-state index in [9.17, 15) is 4.79 Å². The van der Waals surface area contributed by atoms with Gasteiger partial charge >= 0.3 is 0 Å². The van der Waals surface area contributed by atoms with Crippen molar-refractivity contribution in [1.82, 2.24) is 15.1 Å². The van der Waals surface area contributed by atoms with Gasteiger partial charge in [0.2, 0.25) is 5.91 Å². The normalized spacial score (nSPS) is 25.0. The molecule has 3 rings (SSSR count). The molecule has 0 bridgehead atoms. The van der Waals surface area contributed by atoms with E-state index in [0.29, 0.717) is 13.0 Å². The lowest BCUT2D eigenvalue weighted by molar-refractivity contribution is -0.121. The zero-order chi connectivity index (χ0) is 18.6. The van der Waals surface area contributed by atoms with Gasteiger partial charge in [-0.05, 0) is 44.5 Å². The minimum Gasteiger partial charge on any atom is -0.493 e. The fourth-order valence-electron chi connectivity index (χ4n) is 4.05. The molecule has 144 valence electrons. The molecule has 0 aromatic heterocycles. The van der Waals surface area contributed by atoms with Crippen molar-refractivity contribution in [1.29, 1.82) is 0 Å². The molecule has 0 radical (unpaired) electrons. The highest BCUT2D eigenvalue weighted by atomic mass is 16.5. The summed E-state index contributed by atoms with van der Waals surface area (Å²) in [6, 6.07) is 6.01. The van der Waals surface area contributed by atoms with E-state index in [1.165, 1.54) is 0 Å². The molecule has 1 amide bonds. The number of nitrogens with one attached hydrogen (secondary N) is 1. The van der Waals surface area contributed by atoms with Gasteiger partial charge in [-0.15, -0.1) is 0 Å². The Hall–Kier alpha value is -1.79. The largest absolute Gasteiger partial charge is 0.493 e. The Kier molecular flexibility index (Phi) is 6.04. The second-order valence-corrected chi connectivity index (χ2v) is 7.52. The Morgan fingerprint density at radius 2 is 2.08 bits per heavy atom. The van der Waals surface area contributed by atoms with Gasteiger partial charge in [0.15, 0.2) is 11.5 Å². The van der Waals surface area contributed by atoms with Crippen LogP contribution in [0.1, 0.15) is 24.8 Å².